The highest BCUT2D eigenvalue weighted by Gasteiger charge is 2.60. The number of fused-ring (bicyclic) bond motifs is 3. The van der Waals surface area contributed by atoms with E-state index in [4.69, 9.17) is 10.8 Å². The van der Waals surface area contributed by atoms with Gasteiger partial charge in [-0.2, -0.15) is 5.10 Å². The van der Waals surface area contributed by atoms with E-state index >= 15 is 0 Å². The Balaban J connectivity index is 0.00000370. The molecule has 216 valence electrons. The highest BCUT2D eigenvalue weighted by atomic mass is 35.5. The number of aliphatic hydroxyl groups is 3. The number of benzene rings is 2. The number of rotatable bonds is 4. The fourth-order valence-electron chi connectivity index (χ4n) is 6.23. The molecule has 0 aromatic heterocycles. The fraction of sp³-hybridized carbons (Fsp3) is 0.464. The van der Waals surface area contributed by atoms with E-state index in [0.29, 0.717) is 54.8 Å². The van der Waals surface area contributed by atoms with Gasteiger partial charge < -0.3 is 31.3 Å². The lowest BCUT2D eigenvalue weighted by molar-refractivity contribution is -0.122. The Morgan fingerprint density at radius 3 is 2.38 bits per heavy atom. The zero-order chi connectivity index (χ0) is 28.4. The third-order valence-corrected chi connectivity index (χ3v) is 8.54. The number of aliphatic hydroxyl groups excluding tert-OH is 2. The topological polar surface area (TPSA) is 180 Å². The number of aromatic hydroxyl groups is 2. The first-order valence-corrected chi connectivity index (χ1v) is 13.0. The average molecular weight is 575 g/mol. The quantitative estimate of drug-likeness (QED) is 0.289. The molecule has 40 heavy (non-hydrogen) atoms. The number of nitrogens with zero attached hydrogens (tertiary/aromatic N) is 3. The third-order valence-electron chi connectivity index (χ3n) is 8.54. The number of nitrogens with two attached hydrogens (primary N) is 1. The summed E-state index contributed by atoms with van der Waals surface area (Å²) in [5, 5.41) is 61.1. The van der Waals surface area contributed by atoms with E-state index in [9.17, 15) is 30.0 Å². The maximum Gasteiger partial charge on any atom is 0.206 e. The van der Waals surface area contributed by atoms with Crippen LogP contribution in [0.15, 0.2) is 28.6 Å². The van der Waals surface area contributed by atoms with Crippen molar-refractivity contribution < 1.29 is 35.1 Å². The Morgan fingerprint density at radius 1 is 1.10 bits per heavy atom. The van der Waals surface area contributed by atoms with Crippen LogP contribution in [0.3, 0.4) is 0 Å². The predicted octanol–water partition coefficient (Wildman–Crippen LogP) is 1.08. The molecule has 11 nitrogen and oxygen atoms in total. The van der Waals surface area contributed by atoms with Crippen LogP contribution < -0.4 is 5.73 Å². The summed E-state index contributed by atoms with van der Waals surface area (Å²) in [5.74, 6) is -4.29. The number of hydrazone groups is 1. The summed E-state index contributed by atoms with van der Waals surface area (Å²) in [5.41, 5.74) is 4.89. The number of aryl methyl sites for hydroxylation is 2. The second-order valence-electron chi connectivity index (χ2n) is 10.7. The second kappa shape index (κ2) is 10.6. The van der Waals surface area contributed by atoms with E-state index in [1.807, 2.05) is 0 Å². The lowest BCUT2D eigenvalue weighted by Gasteiger charge is -2.45. The number of Topliss-reactive ketones (excluding diaryl/α,β-unsaturated/α-hetero) is 2. The number of hydrogen-bond donors (Lipinski definition) is 6. The van der Waals surface area contributed by atoms with Crippen molar-refractivity contribution in [3.8, 4) is 11.5 Å². The van der Waals surface area contributed by atoms with E-state index in [1.54, 1.807) is 31.0 Å². The average Bonchev–Trinajstić information content (AvgIpc) is 2.90. The first kappa shape index (κ1) is 29.8. The Bertz CT molecular complexity index is 1460. The fourth-order valence-corrected chi connectivity index (χ4v) is 6.23. The van der Waals surface area contributed by atoms with Crippen LogP contribution in [0.25, 0.3) is 10.8 Å². The number of hydrogen-bond acceptors (Lipinski definition) is 11. The number of halogens is 1. The largest absolute Gasteiger partial charge is 0.508 e. The molecule has 0 unspecified atom stereocenters. The number of phenols is 2. The first-order valence-electron chi connectivity index (χ1n) is 13.0. The monoisotopic (exact) mass is 574 g/mol. The lowest BCUT2D eigenvalue weighted by Crippen LogP contribution is -2.63. The Morgan fingerprint density at radius 2 is 1.75 bits per heavy atom. The molecule has 2 aromatic carbocycles. The maximum absolute atomic E-state index is 14.0. The van der Waals surface area contributed by atoms with Crippen LogP contribution >= 0.6 is 12.4 Å². The Hall–Kier alpha value is -3.22. The van der Waals surface area contributed by atoms with Gasteiger partial charge in [-0.05, 0) is 49.3 Å². The van der Waals surface area contributed by atoms with Gasteiger partial charge >= 0.3 is 0 Å². The summed E-state index contributed by atoms with van der Waals surface area (Å²) >= 11 is 0. The number of carbonyl (C=O) groups excluding carboxylic acids is 2. The van der Waals surface area contributed by atoms with E-state index in [0.717, 1.165) is 0 Å². The molecule has 5 rings (SSSR count). The summed E-state index contributed by atoms with van der Waals surface area (Å²) in [6.07, 6.45) is -0.0468. The number of β-amino-alcohol motifs (C(OH)–C–C–N with tert-alkyl or cyclic N) is 1. The SMILES string of the molecule is C/C(=N\N1CCN(CCO)CC1)C1=C(O)[C@@]2(O)C(=O)c3c(c(C)c4ccc(C)c(O)c4c3O)C[C@H]2[C@@H](N)C1=O.Cl. The van der Waals surface area contributed by atoms with Gasteiger partial charge in [0.2, 0.25) is 5.78 Å². The molecule has 0 saturated carbocycles. The van der Waals surface area contributed by atoms with Gasteiger partial charge in [-0.1, -0.05) is 12.1 Å². The van der Waals surface area contributed by atoms with E-state index in [1.165, 1.54) is 6.92 Å². The predicted molar refractivity (Wildman–Crippen MR) is 151 cm³/mol. The minimum Gasteiger partial charge on any atom is -0.508 e. The van der Waals surface area contributed by atoms with Crippen molar-refractivity contribution in [2.75, 3.05) is 39.3 Å². The summed E-state index contributed by atoms with van der Waals surface area (Å²) in [6, 6.07) is 2.12. The van der Waals surface area contributed by atoms with Crippen molar-refractivity contribution in [3.63, 3.8) is 0 Å². The molecule has 1 saturated heterocycles. The minimum atomic E-state index is -2.57. The summed E-state index contributed by atoms with van der Waals surface area (Å²) in [6.45, 7) is 7.85. The van der Waals surface area contributed by atoms with E-state index in [-0.39, 0.29) is 53.4 Å². The Labute approximate surface area is 237 Å². The van der Waals surface area contributed by atoms with Crippen LogP contribution in [-0.4, -0.2) is 104 Å². The molecule has 0 bridgehead atoms. The van der Waals surface area contributed by atoms with Crippen LogP contribution in [0.4, 0.5) is 0 Å². The van der Waals surface area contributed by atoms with E-state index < -0.39 is 40.6 Å². The number of phenolic OH excluding ortho intramolecular Hbond substituents is 2. The zero-order valence-electron chi connectivity index (χ0n) is 22.6. The Kier molecular flexibility index (Phi) is 7.91. The van der Waals surface area contributed by atoms with Crippen LogP contribution in [-0.2, 0) is 11.2 Å². The smallest absolute Gasteiger partial charge is 0.206 e. The lowest BCUT2D eigenvalue weighted by atomic mass is 9.61. The normalized spacial score (nSPS) is 25.6. The van der Waals surface area contributed by atoms with Gasteiger partial charge in [0.1, 0.15) is 17.3 Å². The molecule has 3 atom stereocenters. The highest BCUT2D eigenvalue weighted by Crippen LogP contribution is 2.50. The van der Waals surface area contributed by atoms with E-state index in [2.05, 4.69) is 10.0 Å². The molecular weight excluding hydrogens is 540 g/mol. The molecule has 0 spiro atoms. The summed E-state index contributed by atoms with van der Waals surface area (Å²) in [4.78, 5) is 29.5. The third kappa shape index (κ3) is 4.24. The van der Waals surface area contributed by atoms with Crippen molar-refractivity contribution in [1.82, 2.24) is 9.91 Å². The van der Waals surface area contributed by atoms with Crippen LogP contribution in [0, 0.1) is 19.8 Å². The molecule has 0 amide bonds. The van der Waals surface area contributed by atoms with Crippen molar-refractivity contribution in [2.45, 2.75) is 38.8 Å². The molecule has 2 aliphatic carbocycles. The standard InChI is InChI=1S/C28H34N4O7.ClH/c1-13-4-5-16-14(2)17-12-18-22(29)25(36)19(15(3)30-32-8-6-31(7-9-32)10-11-33)26(37)28(18,39)27(38)21(17)24(35)20(16)23(13)34;/h4-5,18,22,33-35,37,39H,6-12,29H2,1-3H3;1H/b30-15+;/t18-,22+,28+;/m0./s1. The van der Waals surface area contributed by atoms with Gasteiger partial charge in [-0.15, -0.1) is 12.4 Å². The maximum atomic E-state index is 14.0. The van der Waals surface area contributed by atoms with Crippen LogP contribution in [0.5, 0.6) is 11.5 Å². The van der Waals surface area contributed by atoms with Gasteiger partial charge in [0.05, 0.1) is 34.9 Å². The van der Waals surface area contributed by atoms with Crippen molar-refractivity contribution >= 4 is 40.5 Å². The van der Waals surface area contributed by atoms with Gasteiger partial charge in [0, 0.05) is 38.6 Å². The van der Waals surface area contributed by atoms with Gasteiger partial charge in [-0.25, -0.2) is 0 Å². The first-order chi connectivity index (χ1) is 18.4. The highest BCUT2D eigenvalue weighted by molar-refractivity contribution is 6.26. The van der Waals surface area contributed by atoms with Crippen molar-refractivity contribution in [1.29, 1.82) is 0 Å². The van der Waals surface area contributed by atoms with Crippen molar-refractivity contribution in [2.24, 2.45) is 16.8 Å². The summed E-state index contributed by atoms with van der Waals surface area (Å²) in [7, 11) is 0. The molecule has 0 radical (unpaired) electrons. The second-order valence-corrected chi connectivity index (χ2v) is 10.7. The van der Waals surface area contributed by atoms with Crippen molar-refractivity contribution in [3.05, 3.63) is 45.7 Å². The van der Waals surface area contributed by atoms with Gasteiger partial charge in [0.25, 0.3) is 0 Å². The van der Waals surface area contributed by atoms with Gasteiger partial charge in [0.15, 0.2) is 11.4 Å². The zero-order valence-corrected chi connectivity index (χ0v) is 23.5. The van der Waals surface area contributed by atoms with Crippen LogP contribution in [0.1, 0.15) is 34.0 Å². The molecule has 1 fully saturated rings. The molecule has 3 aliphatic rings. The molecular formula is C28H35ClN4O7. The molecule has 12 heteroatoms. The summed E-state index contributed by atoms with van der Waals surface area (Å²) < 4.78 is 0. The molecule has 2 aromatic rings. The minimum absolute atomic E-state index is 0. The number of ketones is 2. The number of piperazine rings is 1. The number of carbonyl (C=O) groups is 2. The molecule has 7 N–H and O–H groups in total. The van der Waals surface area contributed by atoms with Gasteiger partial charge in [-0.3, -0.25) is 19.5 Å². The molecule has 1 heterocycles. The van der Waals surface area contributed by atoms with Crippen LogP contribution in [0.2, 0.25) is 0 Å². The molecule has 1 aliphatic heterocycles.